The lowest BCUT2D eigenvalue weighted by Gasteiger charge is -2.25. The van der Waals surface area contributed by atoms with Crippen LogP contribution in [0.5, 0.6) is 11.6 Å². The van der Waals surface area contributed by atoms with Gasteiger partial charge in [-0.15, -0.1) is 6.58 Å². The van der Waals surface area contributed by atoms with Crippen LogP contribution in [0.4, 0.5) is 4.39 Å². The molecule has 0 saturated heterocycles. The van der Waals surface area contributed by atoms with Gasteiger partial charge in [0.1, 0.15) is 17.3 Å². The lowest BCUT2D eigenvalue weighted by atomic mass is 10.1. The highest BCUT2D eigenvalue weighted by molar-refractivity contribution is 5.65. The van der Waals surface area contributed by atoms with Crippen LogP contribution in [-0.4, -0.2) is 65.9 Å². The van der Waals surface area contributed by atoms with Gasteiger partial charge in [0.15, 0.2) is 0 Å². The number of rotatable bonds is 14. The van der Waals surface area contributed by atoms with Crippen LogP contribution in [0, 0.1) is 5.82 Å². The van der Waals surface area contributed by atoms with Crippen molar-refractivity contribution in [2.75, 3.05) is 40.0 Å². The van der Waals surface area contributed by atoms with Gasteiger partial charge in [0.25, 0.3) is 0 Å². The topological polar surface area (TPSA) is 69.0 Å². The minimum Gasteiger partial charge on any atom is -0.439 e. The van der Waals surface area contributed by atoms with Crippen molar-refractivity contribution in [1.29, 1.82) is 0 Å². The van der Waals surface area contributed by atoms with Crippen molar-refractivity contribution in [3.05, 3.63) is 78.6 Å². The molecular formula is C26H32FN3O4. The number of hydrogen-bond acceptors (Lipinski definition) is 6. The number of aliphatic hydroxyl groups is 1. The van der Waals surface area contributed by atoms with E-state index >= 15 is 0 Å². The molecule has 34 heavy (non-hydrogen) atoms. The highest BCUT2D eigenvalue weighted by atomic mass is 19.1. The second-order valence-electron chi connectivity index (χ2n) is 7.89. The third kappa shape index (κ3) is 7.23. The van der Waals surface area contributed by atoms with Crippen molar-refractivity contribution in [3.63, 3.8) is 0 Å². The third-order valence-corrected chi connectivity index (χ3v) is 5.15. The molecule has 0 bridgehead atoms. The summed E-state index contributed by atoms with van der Waals surface area (Å²) in [5, 5.41) is 15.2. The first-order valence-corrected chi connectivity index (χ1v) is 11.1. The molecule has 7 nitrogen and oxygen atoms in total. The molecule has 3 aromatic rings. The predicted octanol–water partition coefficient (Wildman–Crippen LogP) is 4.03. The van der Waals surface area contributed by atoms with Crippen LogP contribution in [0.1, 0.15) is 5.56 Å². The number of halogens is 1. The highest BCUT2D eigenvalue weighted by Crippen LogP contribution is 2.34. The largest absolute Gasteiger partial charge is 0.439 e. The zero-order valence-corrected chi connectivity index (χ0v) is 19.7. The molecule has 182 valence electrons. The first-order valence-electron chi connectivity index (χ1n) is 11.1. The Morgan fingerprint density at radius 2 is 2.00 bits per heavy atom. The van der Waals surface area contributed by atoms with Crippen molar-refractivity contribution < 1.29 is 23.7 Å². The molecule has 3 rings (SSSR count). The average Bonchev–Trinajstić information content (AvgIpc) is 3.13. The quantitative estimate of drug-likeness (QED) is 0.284. The summed E-state index contributed by atoms with van der Waals surface area (Å²) < 4.78 is 32.3. The van der Waals surface area contributed by atoms with Gasteiger partial charge in [0.05, 0.1) is 31.5 Å². The van der Waals surface area contributed by atoms with Gasteiger partial charge >= 0.3 is 0 Å². The Labute approximate surface area is 200 Å². The molecule has 8 heteroatoms. The van der Waals surface area contributed by atoms with E-state index in [2.05, 4.69) is 11.5 Å². The molecule has 0 aliphatic rings. The molecule has 0 saturated carbocycles. The molecule has 1 heterocycles. The number of benzene rings is 2. The lowest BCUT2D eigenvalue weighted by Crippen LogP contribution is -2.36. The first-order chi connectivity index (χ1) is 16.5. The van der Waals surface area contributed by atoms with E-state index in [-0.39, 0.29) is 12.4 Å². The molecule has 2 aromatic carbocycles. The van der Waals surface area contributed by atoms with Crippen LogP contribution >= 0.6 is 0 Å². The lowest BCUT2D eigenvalue weighted by molar-refractivity contribution is 0.0193. The van der Waals surface area contributed by atoms with Gasteiger partial charge < -0.3 is 19.3 Å². The predicted molar refractivity (Wildman–Crippen MR) is 129 cm³/mol. The SMILES string of the molecule is C=CCOCC(O)CN(CCOC)Cc1c(-c2ccccc2)nn(C)c1Oc1cccc(F)c1. The van der Waals surface area contributed by atoms with Crippen LogP contribution in [0.15, 0.2) is 67.3 Å². The minimum atomic E-state index is -0.693. The summed E-state index contributed by atoms with van der Waals surface area (Å²) >= 11 is 0. The molecule has 1 atom stereocenters. The van der Waals surface area contributed by atoms with Gasteiger partial charge in [-0.2, -0.15) is 5.10 Å². The Hall–Kier alpha value is -3.04. The second-order valence-corrected chi connectivity index (χ2v) is 7.89. The van der Waals surface area contributed by atoms with Crippen molar-refractivity contribution in [2.45, 2.75) is 12.6 Å². The Kier molecular flexibility index (Phi) is 9.78. The average molecular weight is 470 g/mol. The summed E-state index contributed by atoms with van der Waals surface area (Å²) in [4.78, 5) is 2.06. The molecule has 1 N–H and O–H groups in total. The van der Waals surface area contributed by atoms with E-state index in [1.807, 2.05) is 30.3 Å². The van der Waals surface area contributed by atoms with Crippen LogP contribution < -0.4 is 4.74 Å². The summed E-state index contributed by atoms with van der Waals surface area (Å²) in [5.41, 5.74) is 2.52. The summed E-state index contributed by atoms with van der Waals surface area (Å²) in [7, 11) is 3.43. The number of aromatic nitrogens is 2. The van der Waals surface area contributed by atoms with Crippen LogP contribution in [0.25, 0.3) is 11.3 Å². The minimum absolute atomic E-state index is 0.195. The normalized spacial score (nSPS) is 12.1. The molecule has 0 spiro atoms. The summed E-state index contributed by atoms with van der Waals surface area (Å²) in [6.07, 6.45) is 0.953. The monoisotopic (exact) mass is 469 g/mol. The number of nitrogens with zero attached hydrogens (tertiary/aromatic N) is 3. The molecule has 1 unspecified atom stereocenters. The maximum Gasteiger partial charge on any atom is 0.222 e. The summed E-state index contributed by atoms with van der Waals surface area (Å²) in [6.45, 7) is 6.06. The molecule has 1 aromatic heterocycles. The van der Waals surface area contributed by atoms with Crippen LogP contribution in [-0.2, 0) is 23.1 Å². The highest BCUT2D eigenvalue weighted by Gasteiger charge is 2.23. The zero-order chi connectivity index (χ0) is 24.3. The fourth-order valence-electron chi connectivity index (χ4n) is 3.61. The van der Waals surface area contributed by atoms with Crippen LogP contribution in [0.2, 0.25) is 0 Å². The van der Waals surface area contributed by atoms with Gasteiger partial charge in [0, 0.05) is 45.4 Å². The van der Waals surface area contributed by atoms with Crippen molar-refractivity contribution in [1.82, 2.24) is 14.7 Å². The van der Waals surface area contributed by atoms with E-state index in [0.717, 1.165) is 16.8 Å². The fraction of sp³-hybridized carbons (Fsp3) is 0.346. The van der Waals surface area contributed by atoms with E-state index in [9.17, 15) is 9.50 Å². The van der Waals surface area contributed by atoms with E-state index in [4.69, 9.17) is 19.3 Å². The Morgan fingerprint density at radius 3 is 2.71 bits per heavy atom. The molecule has 0 fully saturated rings. The number of aryl methyl sites for hydroxylation is 1. The number of ether oxygens (including phenoxy) is 3. The van der Waals surface area contributed by atoms with E-state index in [1.54, 1.807) is 37.0 Å². The second kappa shape index (κ2) is 13.0. The maximum absolute atomic E-state index is 13.8. The fourth-order valence-corrected chi connectivity index (χ4v) is 3.61. The Bertz CT molecular complexity index is 1040. The van der Waals surface area contributed by atoms with Gasteiger partial charge in [-0.1, -0.05) is 42.5 Å². The van der Waals surface area contributed by atoms with Crippen LogP contribution in [0.3, 0.4) is 0 Å². The number of methoxy groups -OCH3 is 1. The smallest absolute Gasteiger partial charge is 0.222 e. The van der Waals surface area contributed by atoms with Gasteiger partial charge in [-0.05, 0) is 12.1 Å². The molecule has 0 aliphatic carbocycles. The number of hydrogen-bond donors (Lipinski definition) is 1. The van der Waals surface area contributed by atoms with Crippen molar-refractivity contribution in [3.8, 4) is 22.9 Å². The van der Waals surface area contributed by atoms with Crippen molar-refractivity contribution in [2.24, 2.45) is 7.05 Å². The van der Waals surface area contributed by atoms with E-state index < -0.39 is 6.10 Å². The van der Waals surface area contributed by atoms with E-state index in [1.165, 1.54) is 12.1 Å². The Morgan fingerprint density at radius 1 is 1.21 bits per heavy atom. The standard InChI is InChI=1S/C26H32FN3O4/c1-4-14-33-19-22(31)17-30(13-15-32-3)18-24-25(20-9-6-5-7-10-20)28-29(2)26(24)34-23-12-8-11-21(27)16-23/h4-12,16,22,31H,1,13-15,17-19H2,2-3H3. The summed E-state index contributed by atoms with van der Waals surface area (Å²) in [5.74, 6) is 0.503. The van der Waals surface area contributed by atoms with Gasteiger partial charge in [-0.3, -0.25) is 4.90 Å². The molecule has 0 radical (unpaired) electrons. The number of aliphatic hydroxyl groups excluding tert-OH is 1. The maximum atomic E-state index is 13.8. The first kappa shape index (κ1) is 25.6. The van der Waals surface area contributed by atoms with Crippen molar-refractivity contribution >= 4 is 0 Å². The van der Waals surface area contributed by atoms with E-state index in [0.29, 0.717) is 44.5 Å². The Balaban J connectivity index is 1.93. The molecule has 0 amide bonds. The molecule has 0 aliphatic heterocycles. The zero-order valence-electron chi connectivity index (χ0n) is 19.7. The summed E-state index contributed by atoms with van der Waals surface area (Å²) in [6, 6.07) is 15.8. The van der Waals surface area contributed by atoms with Gasteiger partial charge in [0.2, 0.25) is 5.88 Å². The van der Waals surface area contributed by atoms with Gasteiger partial charge in [-0.25, -0.2) is 9.07 Å². The molecular weight excluding hydrogens is 437 g/mol. The third-order valence-electron chi connectivity index (χ3n) is 5.15.